The fourth-order valence-electron chi connectivity index (χ4n) is 1.69. The van der Waals surface area contributed by atoms with E-state index in [-0.39, 0.29) is 18.4 Å². The van der Waals surface area contributed by atoms with Crippen LogP contribution in [0.4, 0.5) is 5.69 Å². The second kappa shape index (κ2) is 7.14. The zero-order chi connectivity index (χ0) is 15.1. The first kappa shape index (κ1) is 14.6. The van der Waals surface area contributed by atoms with E-state index in [1.165, 1.54) is 0 Å². The molecule has 110 valence electrons. The molecule has 6 heteroatoms. The fraction of sp³-hybridized carbons (Fsp3) is 0.200. The van der Waals surface area contributed by atoms with Crippen molar-refractivity contribution in [3.05, 3.63) is 54.0 Å². The van der Waals surface area contributed by atoms with E-state index in [1.807, 2.05) is 0 Å². The highest BCUT2D eigenvalue weighted by molar-refractivity contribution is 5.94. The minimum Gasteiger partial charge on any atom is -0.467 e. The third-order valence-corrected chi connectivity index (χ3v) is 2.88. The van der Waals surface area contributed by atoms with Crippen molar-refractivity contribution in [3.63, 3.8) is 0 Å². The van der Waals surface area contributed by atoms with Gasteiger partial charge in [-0.15, -0.1) is 0 Å². The maximum atomic E-state index is 11.9. The fourth-order valence-corrected chi connectivity index (χ4v) is 1.69. The average molecular weight is 287 g/mol. The quantitative estimate of drug-likeness (QED) is 0.749. The summed E-state index contributed by atoms with van der Waals surface area (Å²) in [5, 5.41) is 8.24. The first-order valence-corrected chi connectivity index (χ1v) is 6.54. The molecule has 0 saturated heterocycles. The lowest BCUT2D eigenvalue weighted by molar-refractivity contribution is -0.118. The minimum atomic E-state index is -0.177. The first-order chi connectivity index (χ1) is 10.2. The lowest BCUT2D eigenvalue weighted by Crippen LogP contribution is -2.26. The second-order valence-electron chi connectivity index (χ2n) is 4.37. The van der Waals surface area contributed by atoms with Gasteiger partial charge in [0.25, 0.3) is 5.91 Å². The number of carbonyl (C=O) groups is 2. The number of benzene rings is 1. The molecule has 0 radical (unpaired) electrons. The van der Waals surface area contributed by atoms with Crippen LogP contribution in [0.2, 0.25) is 0 Å². The number of likely N-dealkylation sites (N-methyl/N-ethyl adjacent to an activating group) is 1. The molecule has 0 atom stereocenters. The van der Waals surface area contributed by atoms with E-state index < -0.39 is 0 Å². The Hall–Kier alpha value is -2.76. The largest absolute Gasteiger partial charge is 0.467 e. The molecule has 0 aliphatic rings. The van der Waals surface area contributed by atoms with Gasteiger partial charge >= 0.3 is 0 Å². The van der Waals surface area contributed by atoms with E-state index in [9.17, 15) is 9.59 Å². The summed E-state index contributed by atoms with van der Waals surface area (Å²) in [6, 6.07) is 10.5. The van der Waals surface area contributed by atoms with Crippen molar-refractivity contribution in [2.24, 2.45) is 0 Å². The van der Waals surface area contributed by atoms with Crippen LogP contribution >= 0.6 is 0 Å². The van der Waals surface area contributed by atoms with Gasteiger partial charge in [-0.05, 0) is 36.4 Å². The molecular formula is C15H17N3O3. The molecule has 21 heavy (non-hydrogen) atoms. The molecule has 3 N–H and O–H groups in total. The van der Waals surface area contributed by atoms with E-state index in [1.54, 1.807) is 49.7 Å². The van der Waals surface area contributed by atoms with Crippen LogP contribution in [-0.4, -0.2) is 25.4 Å². The molecule has 1 aromatic carbocycles. The van der Waals surface area contributed by atoms with Crippen LogP contribution in [0.1, 0.15) is 16.1 Å². The zero-order valence-electron chi connectivity index (χ0n) is 11.7. The topological polar surface area (TPSA) is 83.4 Å². The molecule has 1 aromatic heterocycles. The number of hydrogen-bond acceptors (Lipinski definition) is 4. The van der Waals surface area contributed by atoms with Crippen LogP contribution in [0.15, 0.2) is 47.1 Å². The summed E-state index contributed by atoms with van der Waals surface area (Å²) in [6.45, 7) is 0.545. The molecule has 6 nitrogen and oxygen atoms in total. The van der Waals surface area contributed by atoms with E-state index in [2.05, 4.69) is 16.0 Å². The predicted molar refractivity (Wildman–Crippen MR) is 78.9 cm³/mol. The maximum Gasteiger partial charge on any atom is 0.251 e. The highest BCUT2D eigenvalue weighted by atomic mass is 16.3. The molecule has 0 spiro atoms. The van der Waals surface area contributed by atoms with Crippen LogP contribution in [0.5, 0.6) is 0 Å². The molecular weight excluding hydrogens is 270 g/mol. The number of amides is 2. The predicted octanol–water partition coefficient (Wildman–Crippen LogP) is 1.37. The van der Waals surface area contributed by atoms with E-state index in [0.29, 0.717) is 17.9 Å². The van der Waals surface area contributed by atoms with Crippen LogP contribution in [0, 0.1) is 0 Å². The summed E-state index contributed by atoms with van der Waals surface area (Å²) in [4.78, 5) is 23.0. The highest BCUT2D eigenvalue weighted by Crippen LogP contribution is 2.09. The Morgan fingerprint density at radius 3 is 2.52 bits per heavy atom. The summed E-state index contributed by atoms with van der Waals surface area (Å²) in [5.41, 5.74) is 1.33. The lowest BCUT2D eigenvalue weighted by Gasteiger charge is -2.07. The summed E-state index contributed by atoms with van der Waals surface area (Å²) in [7, 11) is 1.58. The number of hydrogen-bond donors (Lipinski definition) is 3. The van der Waals surface area contributed by atoms with Crippen LogP contribution in [0.3, 0.4) is 0 Å². The van der Waals surface area contributed by atoms with Gasteiger partial charge in [0.05, 0.1) is 19.4 Å². The number of furan rings is 1. The number of nitrogens with one attached hydrogen (secondary N) is 3. The van der Waals surface area contributed by atoms with Crippen molar-refractivity contribution in [2.45, 2.75) is 6.54 Å². The Bertz CT molecular complexity index is 591. The Morgan fingerprint density at radius 1 is 1.14 bits per heavy atom. The van der Waals surface area contributed by atoms with Crippen LogP contribution in [0.25, 0.3) is 0 Å². The van der Waals surface area contributed by atoms with E-state index in [0.717, 1.165) is 5.69 Å². The second-order valence-corrected chi connectivity index (χ2v) is 4.37. The Labute approximate surface area is 122 Å². The molecule has 0 bridgehead atoms. The van der Waals surface area contributed by atoms with Crippen molar-refractivity contribution < 1.29 is 14.0 Å². The maximum absolute atomic E-state index is 11.9. The van der Waals surface area contributed by atoms with Crippen molar-refractivity contribution in [2.75, 3.05) is 18.9 Å². The first-order valence-electron chi connectivity index (χ1n) is 6.54. The molecule has 1 heterocycles. The van der Waals surface area contributed by atoms with Crippen molar-refractivity contribution in [1.29, 1.82) is 0 Å². The molecule has 2 rings (SSSR count). The van der Waals surface area contributed by atoms with Gasteiger partial charge in [0.15, 0.2) is 0 Å². The Morgan fingerprint density at radius 2 is 1.90 bits per heavy atom. The van der Waals surface area contributed by atoms with Gasteiger partial charge in [0.1, 0.15) is 5.76 Å². The third-order valence-electron chi connectivity index (χ3n) is 2.88. The van der Waals surface area contributed by atoms with Gasteiger partial charge in [-0.25, -0.2) is 0 Å². The summed E-state index contributed by atoms with van der Waals surface area (Å²) < 4.78 is 5.14. The van der Waals surface area contributed by atoms with Gasteiger partial charge in [0, 0.05) is 18.3 Å². The third kappa shape index (κ3) is 4.38. The van der Waals surface area contributed by atoms with Crippen LogP contribution in [-0.2, 0) is 11.3 Å². The van der Waals surface area contributed by atoms with Gasteiger partial charge in [-0.1, -0.05) is 0 Å². The summed E-state index contributed by atoms with van der Waals surface area (Å²) in [5.74, 6) is 0.423. The molecule has 0 aliphatic heterocycles. The van der Waals surface area contributed by atoms with Gasteiger partial charge in [-0.2, -0.15) is 0 Å². The SMILES string of the molecule is CNC(=O)CNc1ccc(C(=O)NCc2ccco2)cc1. The molecule has 2 aromatic rings. The number of rotatable bonds is 6. The molecule has 0 unspecified atom stereocenters. The molecule has 0 saturated carbocycles. The van der Waals surface area contributed by atoms with Crippen molar-refractivity contribution in [3.8, 4) is 0 Å². The van der Waals surface area contributed by atoms with Gasteiger partial charge < -0.3 is 20.4 Å². The normalized spacial score (nSPS) is 9.95. The summed E-state index contributed by atoms with van der Waals surface area (Å²) in [6.07, 6.45) is 1.56. The van der Waals surface area contributed by atoms with Crippen molar-refractivity contribution >= 4 is 17.5 Å². The van der Waals surface area contributed by atoms with Gasteiger partial charge in [0.2, 0.25) is 5.91 Å². The molecule has 0 aliphatic carbocycles. The standard InChI is InChI=1S/C15H17N3O3/c1-16-14(19)10-17-12-6-4-11(5-7-12)15(20)18-9-13-3-2-8-21-13/h2-8,17H,9-10H2,1H3,(H,16,19)(H,18,20). The number of carbonyl (C=O) groups excluding carboxylic acids is 2. The summed E-state index contributed by atoms with van der Waals surface area (Å²) >= 11 is 0. The molecule has 2 amide bonds. The average Bonchev–Trinajstić information content (AvgIpc) is 3.04. The Balaban J connectivity index is 1.86. The van der Waals surface area contributed by atoms with E-state index >= 15 is 0 Å². The zero-order valence-corrected chi connectivity index (χ0v) is 11.7. The van der Waals surface area contributed by atoms with Crippen LogP contribution < -0.4 is 16.0 Å². The Kier molecular flexibility index (Phi) is 4.98. The van der Waals surface area contributed by atoms with Gasteiger partial charge in [-0.3, -0.25) is 9.59 Å². The molecule has 0 fully saturated rings. The number of anilines is 1. The van der Waals surface area contributed by atoms with Crippen molar-refractivity contribution in [1.82, 2.24) is 10.6 Å². The monoisotopic (exact) mass is 287 g/mol. The lowest BCUT2D eigenvalue weighted by atomic mass is 10.2. The smallest absolute Gasteiger partial charge is 0.251 e. The minimum absolute atomic E-state index is 0.102. The highest BCUT2D eigenvalue weighted by Gasteiger charge is 2.06. The van der Waals surface area contributed by atoms with E-state index in [4.69, 9.17) is 4.42 Å².